The lowest BCUT2D eigenvalue weighted by Crippen LogP contribution is -2.46. The largest absolute Gasteiger partial charge is 0.481 e. The summed E-state index contributed by atoms with van der Waals surface area (Å²) in [6, 6.07) is 5.11. The fourth-order valence-corrected chi connectivity index (χ4v) is 3.10. The molecule has 1 fully saturated rings. The lowest BCUT2D eigenvalue weighted by atomic mass is 9.76. The molecule has 1 amide bonds. The van der Waals surface area contributed by atoms with Gasteiger partial charge in [-0.1, -0.05) is 13.0 Å². The van der Waals surface area contributed by atoms with Gasteiger partial charge < -0.3 is 20.5 Å². The number of ether oxygens (including phenoxy) is 2. The quantitative estimate of drug-likeness (QED) is 0.868. The maximum Gasteiger partial charge on any atom is 0.248 e. The molecule has 0 spiro atoms. The van der Waals surface area contributed by atoms with Gasteiger partial charge >= 0.3 is 0 Å². The van der Waals surface area contributed by atoms with E-state index >= 15 is 0 Å². The molecule has 1 unspecified atom stereocenters. The number of hydrogen-bond donors (Lipinski definition) is 2. The van der Waals surface area contributed by atoms with Crippen LogP contribution in [-0.4, -0.2) is 37.6 Å². The molecule has 0 saturated carbocycles. The van der Waals surface area contributed by atoms with Gasteiger partial charge in [-0.2, -0.15) is 0 Å². The summed E-state index contributed by atoms with van der Waals surface area (Å²) in [7, 11) is 0. The third-order valence-electron chi connectivity index (χ3n) is 4.75. The first-order chi connectivity index (χ1) is 11.0. The van der Waals surface area contributed by atoms with Crippen molar-refractivity contribution in [3.8, 4) is 5.75 Å². The minimum absolute atomic E-state index is 0.0885. The van der Waals surface area contributed by atoms with Crippen LogP contribution in [0, 0.1) is 5.41 Å². The van der Waals surface area contributed by atoms with Crippen LogP contribution in [0.1, 0.15) is 35.7 Å². The molecule has 0 bridgehead atoms. The number of carbonyl (C=O) groups excluding carboxylic acids is 2. The maximum absolute atomic E-state index is 12.9. The van der Waals surface area contributed by atoms with Crippen LogP contribution in [0.4, 0.5) is 0 Å². The van der Waals surface area contributed by atoms with Crippen molar-refractivity contribution in [1.82, 2.24) is 5.32 Å². The number of benzene rings is 1. The van der Waals surface area contributed by atoms with E-state index < -0.39 is 17.4 Å². The van der Waals surface area contributed by atoms with Crippen molar-refractivity contribution in [3.05, 3.63) is 29.3 Å². The molecule has 0 aromatic heterocycles. The number of amides is 1. The number of carbonyl (C=O) groups is 2. The van der Waals surface area contributed by atoms with Gasteiger partial charge in [0.05, 0.1) is 0 Å². The fraction of sp³-hybridized carbons (Fsp3) is 0.529. The Bertz CT molecular complexity index is 623. The Morgan fingerprint density at radius 3 is 2.74 bits per heavy atom. The SMILES string of the molecule is CC1(C(=O)C2CNCc3ccc(C(N)=O)cc3O2)CCOCC1. The summed E-state index contributed by atoms with van der Waals surface area (Å²) in [4.78, 5) is 24.3. The predicted octanol–water partition coefficient (Wildman–Crippen LogP) is 1.02. The molecule has 124 valence electrons. The van der Waals surface area contributed by atoms with Crippen molar-refractivity contribution in [2.24, 2.45) is 11.1 Å². The first kappa shape index (κ1) is 16.0. The summed E-state index contributed by atoms with van der Waals surface area (Å²) in [5, 5.41) is 3.25. The fourth-order valence-electron chi connectivity index (χ4n) is 3.10. The molecule has 2 heterocycles. The molecule has 2 aliphatic rings. The zero-order valence-corrected chi connectivity index (χ0v) is 13.3. The minimum atomic E-state index is -0.567. The minimum Gasteiger partial charge on any atom is -0.481 e. The molecule has 1 aromatic rings. The van der Waals surface area contributed by atoms with Crippen molar-refractivity contribution >= 4 is 11.7 Å². The van der Waals surface area contributed by atoms with Crippen LogP contribution in [0.5, 0.6) is 5.75 Å². The van der Waals surface area contributed by atoms with E-state index in [0.717, 1.165) is 5.56 Å². The van der Waals surface area contributed by atoms with Gasteiger partial charge in [0.1, 0.15) is 5.75 Å². The van der Waals surface area contributed by atoms with E-state index in [4.69, 9.17) is 15.2 Å². The third kappa shape index (κ3) is 3.23. The van der Waals surface area contributed by atoms with E-state index in [-0.39, 0.29) is 5.78 Å². The summed E-state index contributed by atoms with van der Waals surface area (Å²) >= 11 is 0. The number of fused-ring (bicyclic) bond motifs is 1. The Kier molecular flexibility index (Phi) is 4.37. The maximum atomic E-state index is 12.9. The molecular formula is C17H22N2O4. The van der Waals surface area contributed by atoms with Crippen molar-refractivity contribution in [2.45, 2.75) is 32.4 Å². The molecule has 3 N–H and O–H groups in total. The van der Waals surface area contributed by atoms with Gasteiger partial charge in [-0.05, 0) is 25.0 Å². The summed E-state index contributed by atoms with van der Waals surface area (Å²) < 4.78 is 11.3. The second-order valence-electron chi connectivity index (χ2n) is 6.46. The van der Waals surface area contributed by atoms with E-state index in [0.29, 0.717) is 50.5 Å². The van der Waals surface area contributed by atoms with Gasteiger partial charge in [0, 0.05) is 42.8 Å². The topological polar surface area (TPSA) is 90.7 Å². The Labute approximate surface area is 135 Å². The van der Waals surface area contributed by atoms with Crippen LogP contribution in [-0.2, 0) is 16.1 Å². The number of nitrogens with one attached hydrogen (secondary N) is 1. The molecule has 0 aliphatic carbocycles. The van der Waals surface area contributed by atoms with Crippen molar-refractivity contribution < 1.29 is 19.1 Å². The zero-order valence-electron chi connectivity index (χ0n) is 13.3. The highest BCUT2D eigenvalue weighted by Crippen LogP contribution is 2.34. The number of Topliss-reactive ketones (excluding diaryl/α,β-unsaturated/α-hetero) is 1. The Balaban J connectivity index is 1.83. The van der Waals surface area contributed by atoms with E-state index in [9.17, 15) is 9.59 Å². The van der Waals surface area contributed by atoms with Crippen molar-refractivity contribution in [1.29, 1.82) is 0 Å². The Morgan fingerprint density at radius 1 is 1.30 bits per heavy atom. The number of primary amides is 1. The Morgan fingerprint density at radius 2 is 2.04 bits per heavy atom. The normalized spacial score (nSPS) is 23.3. The van der Waals surface area contributed by atoms with Gasteiger partial charge in [0.2, 0.25) is 5.91 Å². The molecule has 1 saturated heterocycles. The van der Waals surface area contributed by atoms with E-state index in [1.54, 1.807) is 12.1 Å². The van der Waals surface area contributed by atoms with Crippen LogP contribution >= 0.6 is 0 Å². The molecule has 0 radical (unpaired) electrons. The first-order valence-electron chi connectivity index (χ1n) is 7.92. The standard InChI is InChI=1S/C17H22N2O4/c1-17(4-6-22-7-5-17)15(20)14-10-19-9-12-3-2-11(16(18)21)8-13(12)23-14/h2-3,8,14,19H,4-7,9-10H2,1H3,(H2,18,21). The van der Waals surface area contributed by atoms with Gasteiger partial charge in [-0.3, -0.25) is 9.59 Å². The van der Waals surface area contributed by atoms with Crippen LogP contribution < -0.4 is 15.8 Å². The van der Waals surface area contributed by atoms with E-state index in [2.05, 4.69) is 5.32 Å². The monoisotopic (exact) mass is 318 g/mol. The molecular weight excluding hydrogens is 296 g/mol. The Hall–Kier alpha value is -1.92. The molecule has 1 aromatic carbocycles. The first-order valence-corrected chi connectivity index (χ1v) is 7.92. The van der Waals surface area contributed by atoms with Crippen LogP contribution in [0.15, 0.2) is 18.2 Å². The average molecular weight is 318 g/mol. The lowest BCUT2D eigenvalue weighted by Gasteiger charge is -2.34. The third-order valence-corrected chi connectivity index (χ3v) is 4.75. The lowest BCUT2D eigenvalue weighted by molar-refractivity contribution is -0.140. The zero-order chi connectivity index (χ0) is 16.4. The van der Waals surface area contributed by atoms with Crippen molar-refractivity contribution in [2.75, 3.05) is 19.8 Å². The van der Waals surface area contributed by atoms with E-state index in [1.807, 2.05) is 13.0 Å². The number of nitrogens with two attached hydrogens (primary N) is 1. The second kappa shape index (κ2) is 6.29. The number of rotatable bonds is 3. The van der Waals surface area contributed by atoms with Crippen LogP contribution in [0.3, 0.4) is 0 Å². The highest BCUT2D eigenvalue weighted by Gasteiger charge is 2.40. The highest BCUT2D eigenvalue weighted by atomic mass is 16.5. The molecule has 2 aliphatic heterocycles. The second-order valence-corrected chi connectivity index (χ2v) is 6.46. The van der Waals surface area contributed by atoms with Gasteiger partial charge in [0.25, 0.3) is 0 Å². The smallest absolute Gasteiger partial charge is 0.248 e. The summed E-state index contributed by atoms with van der Waals surface area (Å²) in [5.41, 5.74) is 6.21. The molecule has 6 nitrogen and oxygen atoms in total. The average Bonchev–Trinajstić information content (AvgIpc) is 2.76. The van der Waals surface area contributed by atoms with Crippen LogP contribution in [0.25, 0.3) is 0 Å². The van der Waals surface area contributed by atoms with Gasteiger partial charge in [0.15, 0.2) is 11.9 Å². The number of ketones is 1. The summed E-state index contributed by atoms with van der Waals surface area (Å²) in [6.45, 7) is 4.23. The predicted molar refractivity (Wildman–Crippen MR) is 84.2 cm³/mol. The van der Waals surface area contributed by atoms with E-state index in [1.165, 1.54) is 0 Å². The van der Waals surface area contributed by atoms with Crippen molar-refractivity contribution in [3.63, 3.8) is 0 Å². The molecule has 1 atom stereocenters. The molecule has 23 heavy (non-hydrogen) atoms. The van der Waals surface area contributed by atoms with Gasteiger partial charge in [-0.15, -0.1) is 0 Å². The summed E-state index contributed by atoms with van der Waals surface area (Å²) in [5.74, 6) is 0.138. The van der Waals surface area contributed by atoms with Gasteiger partial charge in [-0.25, -0.2) is 0 Å². The van der Waals surface area contributed by atoms with Crippen LogP contribution in [0.2, 0.25) is 0 Å². The molecule has 6 heteroatoms. The number of hydrogen-bond acceptors (Lipinski definition) is 5. The molecule has 3 rings (SSSR count). The summed E-state index contributed by atoms with van der Waals surface area (Å²) in [6.07, 6.45) is 0.849. The highest BCUT2D eigenvalue weighted by molar-refractivity contribution is 5.93.